The van der Waals surface area contributed by atoms with Crippen molar-refractivity contribution in [1.29, 1.82) is 0 Å². The van der Waals surface area contributed by atoms with Gasteiger partial charge >= 0.3 is 6.09 Å². The largest absolute Gasteiger partial charge is 0.489 e. The van der Waals surface area contributed by atoms with E-state index in [2.05, 4.69) is 18.7 Å². The number of fused-ring (bicyclic) bond motifs is 2. The van der Waals surface area contributed by atoms with Gasteiger partial charge in [0.1, 0.15) is 28.6 Å². The number of hydrogen-bond donors (Lipinski definition) is 0. The van der Waals surface area contributed by atoms with Crippen LogP contribution in [0.2, 0.25) is 5.02 Å². The number of nitrogens with zero attached hydrogens (tertiary/aromatic N) is 5. The number of ether oxygens (including phenoxy) is 2. The first-order chi connectivity index (χ1) is 19.6. The average Bonchev–Trinajstić information content (AvgIpc) is 3.14. The molecule has 4 heterocycles. The number of aromatic nitrogens is 1. The molecule has 0 aliphatic carbocycles. The highest BCUT2D eigenvalue weighted by Crippen LogP contribution is 2.47. The highest BCUT2D eigenvalue weighted by Gasteiger charge is 2.46. The molecule has 2 amide bonds. The Balaban J connectivity index is 1.62. The molecule has 228 valence electrons. The fraction of sp³-hybridized carbons (Fsp3) is 0.567. The highest BCUT2D eigenvalue weighted by atomic mass is 35.5. The van der Waals surface area contributed by atoms with Gasteiger partial charge in [-0.2, -0.15) is 0 Å². The van der Waals surface area contributed by atoms with Crippen molar-refractivity contribution < 1.29 is 27.8 Å². The first-order valence-electron chi connectivity index (χ1n) is 14.1. The number of carbonyl (C=O) groups excluding carboxylic acids is 2. The first kappa shape index (κ1) is 30.3. The normalized spacial score (nSPS) is 22.1. The summed E-state index contributed by atoms with van der Waals surface area (Å²) in [5, 5.41) is -0.0726. The molecule has 0 saturated carbocycles. The van der Waals surface area contributed by atoms with Crippen molar-refractivity contribution in [3.63, 3.8) is 0 Å². The molecule has 1 aromatic heterocycles. The number of rotatable bonds is 3. The Hall–Kier alpha value is -3.18. The van der Waals surface area contributed by atoms with E-state index in [1.807, 2.05) is 19.0 Å². The van der Waals surface area contributed by atoms with Crippen LogP contribution in [0.5, 0.6) is 5.75 Å². The number of carbonyl (C=O) groups is 2. The second-order valence-electron chi connectivity index (χ2n) is 13.0. The monoisotopic (exact) mass is 605 g/mol. The third kappa shape index (κ3) is 5.48. The summed E-state index contributed by atoms with van der Waals surface area (Å²) in [5.74, 6) is -2.08. The Morgan fingerprint density at radius 2 is 1.90 bits per heavy atom. The minimum absolute atomic E-state index is 0.00502. The van der Waals surface area contributed by atoms with Gasteiger partial charge in [0, 0.05) is 43.3 Å². The summed E-state index contributed by atoms with van der Waals surface area (Å²) in [7, 11) is 3.99. The fourth-order valence-corrected chi connectivity index (χ4v) is 6.22. The molecule has 5 rings (SSSR count). The predicted octanol–water partition coefficient (Wildman–Crippen LogP) is 5.05. The Kier molecular flexibility index (Phi) is 7.81. The lowest BCUT2D eigenvalue weighted by molar-refractivity contribution is 0.000952. The van der Waals surface area contributed by atoms with Crippen LogP contribution in [0.3, 0.4) is 0 Å². The van der Waals surface area contributed by atoms with Gasteiger partial charge in [0.2, 0.25) is 0 Å². The van der Waals surface area contributed by atoms with Crippen molar-refractivity contribution in [2.45, 2.75) is 64.3 Å². The number of anilines is 1. The van der Waals surface area contributed by atoms with Crippen LogP contribution < -0.4 is 9.64 Å². The molecule has 3 aliphatic heterocycles. The van der Waals surface area contributed by atoms with Gasteiger partial charge in [-0.25, -0.2) is 18.6 Å². The van der Waals surface area contributed by atoms with E-state index in [-0.39, 0.29) is 65.8 Å². The van der Waals surface area contributed by atoms with Crippen molar-refractivity contribution in [3.05, 3.63) is 40.4 Å². The van der Waals surface area contributed by atoms with Gasteiger partial charge in [-0.15, -0.1) is 0 Å². The quantitative estimate of drug-likeness (QED) is 0.484. The lowest BCUT2D eigenvalue weighted by Crippen LogP contribution is -2.58. The summed E-state index contributed by atoms with van der Waals surface area (Å²) < 4.78 is 41.3. The molecular formula is C30H38ClF2N5O4. The van der Waals surface area contributed by atoms with Crippen LogP contribution in [0, 0.1) is 11.6 Å². The van der Waals surface area contributed by atoms with E-state index in [1.165, 1.54) is 12.1 Å². The van der Waals surface area contributed by atoms with Gasteiger partial charge in [-0.05, 0) is 67.3 Å². The molecule has 9 nitrogen and oxygen atoms in total. The minimum atomic E-state index is -1.09. The van der Waals surface area contributed by atoms with Crippen molar-refractivity contribution in [2.24, 2.45) is 0 Å². The van der Waals surface area contributed by atoms with Crippen LogP contribution >= 0.6 is 11.6 Å². The molecule has 3 aliphatic rings. The first-order valence-corrected chi connectivity index (χ1v) is 14.5. The molecule has 2 saturated heterocycles. The molecule has 2 aromatic rings. The number of amides is 2. The summed E-state index contributed by atoms with van der Waals surface area (Å²) in [6, 6.07) is 3.49. The third-order valence-electron chi connectivity index (χ3n) is 8.16. The van der Waals surface area contributed by atoms with Crippen molar-refractivity contribution >= 4 is 29.4 Å². The van der Waals surface area contributed by atoms with Crippen LogP contribution in [-0.2, 0) is 4.74 Å². The number of pyridine rings is 1. The smallest absolute Gasteiger partial charge is 0.410 e. The summed E-state index contributed by atoms with van der Waals surface area (Å²) in [6.07, 6.45) is 0.323. The lowest BCUT2D eigenvalue weighted by Gasteiger charge is -2.40. The van der Waals surface area contributed by atoms with Crippen LogP contribution in [-0.4, -0.2) is 102 Å². The maximum Gasteiger partial charge on any atom is 0.410 e. The van der Waals surface area contributed by atoms with Gasteiger partial charge in [0.25, 0.3) is 5.91 Å². The van der Waals surface area contributed by atoms with Gasteiger partial charge in [-0.3, -0.25) is 4.79 Å². The van der Waals surface area contributed by atoms with Crippen LogP contribution in [0.1, 0.15) is 51.4 Å². The molecule has 0 bridgehead atoms. The Bertz CT molecular complexity index is 1410. The maximum absolute atomic E-state index is 15.1. The average molecular weight is 606 g/mol. The Labute approximate surface area is 250 Å². The Morgan fingerprint density at radius 3 is 2.55 bits per heavy atom. The van der Waals surface area contributed by atoms with E-state index in [9.17, 15) is 14.0 Å². The highest BCUT2D eigenvalue weighted by molar-refractivity contribution is 6.35. The second kappa shape index (κ2) is 10.8. The Morgan fingerprint density at radius 1 is 1.19 bits per heavy atom. The minimum Gasteiger partial charge on any atom is -0.489 e. The summed E-state index contributed by atoms with van der Waals surface area (Å²) >= 11 is 6.84. The van der Waals surface area contributed by atoms with Crippen molar-refractivity contribution in [2.75, 3.05) is 51.8 Å². The zero-order chi connectivity index (χ0) is 30.7. The van der Waals surface area contributed by atoms with E-state index >= 15 is 4.39 Å². The number of halogens is 3. The molecule has 2 fully saturated rings. The topological polar surface area (TPSA) is 78.5 Å². The van der Waals surface area contributed by atoms with E-state index < -0.39 is 34.9 Å². The molecular weight excluding hydrogens is 568 g/mol. The van der Waals surface area contributed by atoms with Crippen molar-refractivity contribution in [3.8, 4) is 17.0 Å². The van der Waals surface area contributed by atoms with E-state index in [0.29, 0.717) is 12.4 Å². The third-order valence-corrected chi connectivity index (χ3v) is 8.51. The van der Waals surface area contributed by atoms with Gasteiger partial charge in [-0.1, -0.05) is 17.7 Å². The zero-order valence-electron chi connectivity index (χ0n) is 25.1. The summed E-state index contributed by atoms with van der Waals surface area (Å²) in [5.41, 5.74) is -1.04. The van der Waals surface area contributed by atoms with Crippen LogP contribution in [0.15, 0.2) is 18.2 Å². The fourth-order valence-electron chi connectivity index (χ4n) is 5.93. The van der Waals surface area contributed by atoms with Gasteiger partial charge in [0.05, 0.1) is 11.7 Å². The molecule has 0 N–H and O–H groups in total. The number of hydrogen-bond acceptors (Lipinski definition) is 7. The van der Waals surface area contributed by atoms with Gasteiger partial charge in [0.15, 0.2) is 17.4 Å². The molecule has 2 atom stereocenters. The van der Waals surface area contributed by atoms with E-state index in [4.69, 9.17) is 26.1 Å². The number of piperazine rings is 1. The summed E-state index contributed by atoms with van der Waals surface area (Å²) in [6.45, 7) is 10.9. The molecule has 0 unspecified atom stereocenters. The van der Waals surface area contributed by atoms with E-state index in [0.717, 1.165) is 12.5 Å². The van der Waals surface area contributed by atoms with Crippen molar-refractivity contribution in [1.82, 2.24) is 19.7 Å². The van der Waals surface area contributed by atoms with Crippen LogP contribution in [0.25, 0.3) is 11.3 Å². The molecule has 1 aromatic carbocycles. The van der Waals surface area contributed by atoms with Gasteiger partial charge < -0.3 is 29.1 Å². The molecule has 0 spiro atoms. The standard InChI is InChI=1S/C30H38ClF2N5O4/c1-29(2,3)42-28(40)36-11-12-37-18(14-36)16-41-25-21(27(37)39)26(38-15-17(35(6)7)13-30(38,4)5)34-24(22(25)31)19-9-8-10-20(32)23(19)33/h8-10,17-18H,11-16H2,1-7H3/t17-,18-/m1/s1. The lowest BCUT2D eigenvalue weighted by atomic mass is 9.99. The molecule has 42 heavy (non-hydrogen) atoms. The second-order valence-corrected chi connectivity index (χ2v) is 13.4. The van der Waals surface area contributed by atoms with E-state index in [1.54, 1.807) is 30.6 Å². The number of likely N-dealkylation sites (N-methyl/N-ethyl adjacent to an activating group) is 1. The molecule has 12 heteroatoms. The molecule has 0 radical (unpaired) electrons. The SMILES string of the molecule is CN(C)[C@H]1CN(c2nc(-c3cccc(F)c3F)c(Cl)c3c2C(=O)N2CCN(C(=O)OC(C)(C)C)C[C@@H]2CO3)C(C)(C)C1. The van der Waals surface area contributed by atoms with Crippen LogP contribution in [0.4, 0.5) is 19.4 Å². The zero-order valence-corrected chi connectivity index (χ0v) is 25.9. The predicted molar refractivity (Wildman–Crippen MR) is 156 cm³/mol. The number of benzene rings is 1. The summed E-state index contributed by atoms with van der Waals surface area (Å²) in [4.78, 5) is 39.4. The maximum atomic E-state index is 15.1.